The molecule has 2 aliphatic heterocycles. The van der Waals surface area contributed by atoms with Crippen LogP contribution in [0, 0.1) is 5.41 Å². The third kappa shape index (κ3) is 3.66. The second-order valence-electron chi connectivity index (χ2n) is 9.01. The number of rotatable bonds is 5. The van der Waals surface area contributed by atoms with E-state index in [0.717, 1.165) is 19.5 Å². The summed E-state index contributed by atoms with van der Waals surface area (Å²) in [5.74, 6) is 0. The number of hydrogen-bond donors (Lipinski definition) is 1. The number of hydrazine groups is 1. The maximum atomic E-state index is 6.68. The van der Waals surface area contributed by atoms with Gasteiger partial charge in [0.2, 0.25) is 0 Å². The highest BCUT2D eigenvalue weighted by Crippen LogP contribution is 2.69. The molecule has 2 heterocycles. The monoisotopic (exact) mass is 430 g/mol. The molecule has 0 spiro atoms. The zero-order valence-electron chi connectivity index (χ0n) is 18.3. The van der Waals surface area contributed by atoms with Gasteiger partial charge in [-0.15, -0.1) is 0 Å². The predicted molar refractivity (Wildman–Crippen MR) is 128 cm³/mol. The quantitative estimate of drug-likeness (QED) is 0.606. The summed E-state index contributed by atoms with van der Waals surface area (Å²) in [6, 6.07) is 10.7. The lowest BCUT2D eigenvalue weighted by Crippen LogP contribution is -2.34. The van der Waals surface area contributed by atoms with Crippen molar-refractivity contribution in [1.82, 2.24) is 15.0 Å². The van der Waals surface area contributed by atoms with Crippen LogP contribution >= 0.6 is 6.34 Å². The van der Waals surface area contributed by atoms with Crippen LogP contribution in [0.25, 0.3) is 0 Å². The van der Waals surface area contributed by atoms with Crippen molar-refractivity contribution in [2.75, 3.05) is 31.0 Å². The van der Waals surface area contributed by atoms with Gasteiger partial charge in [0, 0.05) is 31.9 Å². The summed E-state index contributed by atoms with van der Waals surface area (Å²) in [6.07, 6.45) is 5.28. The molecular formula is C23H35N4PS. The van der Waals surface area contributed by atoms with Gasteiger partial charge in [-0.25, -0.2) is 4.78 Å². The summed E-state index contributed by atoms with van der Waals surface area (Å²) in [5, 5.41) is 1.42. The van der Waals surface area contributed by atoms with Crippen molar-refractivity contribution >= 4 is 23.8 Å². The van der Waals surface area contributed by atoms with Crippen molar-refractivity contribution in [2.24, 2.45) is 5.41 Å². The van der Waals surface area contributed by atoms with Gasteiger partial charge in [0.15, 0.2) is 6.34 Å². The van der Waals surface area contributed by atoms with Gasteiger partial charge in [0.05, 0.1) is 16.7 Å². The molecule has 1 aromatic rings. The van der Waals surface area contributed by atoms with Crippen molar-refractivity contribution < 1.29 is 0 Å². The van der Waals surface area contributed by atoms with Crippen LogP contribution in [0.15, 0.2) is 53.1 Å². The van der Waals surface area contributed by atoms with Crippen LogP contribution in [0.1, 0.15) is 53.4 Å². The average Bonchev–Trinajstić information content (AvgIpc) is 3.01. The van der Waals surface area contributed by atoms with E-state index in [-0.39, 0.29) is 5.41 Å². The molecule has 1 N–H and O–H groups in total. The molecule has 0 radical (unpaired) electrons. The minimum Gasteiger partial charge on any atom is -0.374 e. The Morgan fingerprint density at radius 1 is 1.07 bits per heavy atom. The van der Waals surface area contributed by atoms with Gasteiger partial charge >= 0.3 is 0 Å². The molecule has 2 fully saturated rings. The largest absolute Gasteiger partial charge is 0.374 e. The molecule has 0 unspecified atom stereocenters. The van der Waals surface area contributed by atoms with E-state index in [0.29, 0.717) is 0 Å². The summed E-state index contributed by atoms with van der Waals surface area (Å²) < 4.78 is 4.86. The Labute approximate surface area is 181 Å². The zero-order chi connectivity index (χ0) is 20.6. The van der Waals surface area contributed by atoms with Crippen LogP contribution < -0.4 is 10.2 Å². The number of fused-ring (bicyclic) bond motifs is 1. The number of nitrogens with one attached hydrogen (secondary N) is 1. The second kappa shape index (κ2) is 8.09. The van der Waals surface area contributed by atoms with Crippen molar-refractivity contribution in [3.05, 3.63) is 53.1 Å². The van der Waals surface area contributed by atoms with Gasteiger partial charge in [-0.05, 0) is 43.2 Å². The predicted octanol–water partition coefficient (Wildman–Crippen LogP) is 5.67. The molecule has 1 aliphatic carbocycles. The molecular weight excluding hydrogens is 395 g/mol. The molecule has 29 heavy (non-hydrogen) atoms. The number of hydrogen-bond acceptors (Lipinski definition) is 3. The first-order valence-electron chi connectivity index (χ1n) is 11.1. The van der Waals surface area contributed by atoms with Gasteiger partial charge in [-0.3, -0.25) is 10.1 Å². The van der Waals surface area contributed by atoms with Crippen LogP contribution in [-0.2, 0) is 11.8 Å². The molecule has 0 bridgehead atoms. The number of piperidine rings is 1. The molecule has 6 heteroatoms. The van der Waals surface area contributed by atoms with Gasteiger partial charge in [0.25, 0.3) is 0 Å². The Morgan fingerprint density at radius 3 is 2.34 bits per heavy atom. The molecule has 0 aromatic heterocycles. The van der Waals surface area contributed by atoms with Crippen LogP contribution in [0.4, 0.5) is 5.69 Å². The van der Waals surface area contributed by atoms with Gasteiger partial charge in [-0.2, -0.15) is 0 Å². The first-order valence-corrected chi connectivity index (χ1v) is 13.8. The molecule has 1 atom stereocenters. The molecule has 4 nitrogen and oxygen atoms in total. The van der Waals surface area contributed by atoms with Crippen molar-refractivity contribution in [3.8, 4) is 0 Å². The maximum absolute atomic E-state index is 6.68. The van der Waals surface area contributed by atoms with Gasteiger partial charge in [0.1, 0.15) is 0 Å². The fourth-order valence-electron chi connectivity index (χ4n) is 4.96. The van der Waals surface area contributed by atoms with E-state index in [2.05, 4.69) is 83.9 Å². The third-order valence-electron chi connectivity index (χ3n) is 6.33. The highest BCUT2D eigenvalue weighted by Gasteiger charge is 2.48. The molecule has 0 saturated carbocycles. The lowest BCUT2D eigenvalue weighted by Gasteiger charge is -2.42. The summed E-state index contributed by atoms with van der Waals surface area (Å²) >= 11 is 6.68. The van der Waals surface area contributed by atoms with E-state index in [1.807, 2.05) is 0 Å². The SMILES string of the molecule is CCN(CC)[P@]1(=S)C2=C(N3CCCCC3)CC(C)(C)C=C2NN1c1ccccc1. The number of para-hydroxylation sites is 1. The number of likely N-dealkylation sites (tertiary alicyclic amines) is 1. The van der Waals surface area contributed by atoms with Gasteiger partial charge < -0.3 is 4.90 Å². The van der Waals surface area contributed by atoms with Crippen molar-refractivity contribution in [1.29, 1.82) is 0 Å². The molecule has 3 aliphatic rings. The van der Waals surface area contributed by atoms with Crippen LogP contribution in [0.5, 0.6) is 0 Å². The van der Waals surface area contributed by atoms with Crippen LogP contribution in [-0.4, -0.2) is 35.7 Å². The Hall–Kier alpha value is -1.29. The van der Waals surface area contributed by atoms with Crippen LogP contribution in [0.2, 0.25) is 0 Å². The Kier molecular flexibility index (Phi) is 5.85. The Morgan fingerprint density at radius 2 is 1.72 bits per heavy atom. The zero-order valence-corrected chi connectivity index (χ0v) is 20.0. The van der Waals surface area contributed by atoms with E-state index >= 15 is 0 Å². The Bertz CT molecular complexity index is 851. The minimum atomic E-state index is -2.16. The lowest BCUT2D eigenvalue weighted by molar-refractivity contribution is 0.254. The normalized spacial score (nSPS) is 26.4. The number of nitrogens with zero attached hydrogens (tertiary/aromatic N) is 3. The summed E-state index contributed by atoms with van der Waals surface area (Å²) in [6.45, 7) is 13.5. The fourth-order valence-corrected chi connectivity index (χ4v) is 9.85. The van der Waals surface area contributed by atoms with E-state index in [9.17, 15) is 0 Å². The molecule has 0 amide bonds. The highest BCUT2D eigenvalue weighted by atomic mass is 32.4. The first-order chi connectivity index (χ1) is 13.9. The van der Waals surface area contributed by atoms with E-state index in [1.165, 1.54) is 54.7 Å². The van der Waals surface area contributed by atoms with Gasteiger partial charge in [-0.1, -0.05) is 63.8 Å². The molecule has 4 rings (SSSR count). The van der Waals surface area contributed by atoms with E-state index < -0.39 is 6.34 Å². The van der Waals surface area contributed by atoms with Crippen molar-refractivity contribution in [3.63, 3.8) is 0 Å². The minimum absolute atomic E-state index is 0.134. The first kappa shape index (κ1) is 21.0. The maximum Gasteiger partial charge on any atom is 0.152 e. The fraction of sp³-hybridized carbons (Fsp3) is 0.565. The molecule has 1 aromatic carbocycles. The standard InChI is InChI=1S/C23H35N4PS/c1-5-26(6-2)28(29)22-20(24-27(28)19-13-9-7-10-14-19)17-23(3,4)18-21(22)25-15-11-8-12-16-25/h7,9-10,13-14,17,24H,5-6,8,11-12,15-16,18H2,1-4H3/t28-/m1/s1. The third-order valence-corrected chi connectivity index (χ3v) is 11.3. The Balaban J connectivity index is 1.92. The summed E-state index contributed by atoms with van der Waals surface area (Å²) in [5.41, 5.74) is 7.85. The number of benzene rings is 1. The highest BCUT2D eigenvalue weighted by molar-refractivity contribution is 8.16. The number of anilines is 1. The van der Waals surface area contributed by atoms with E-state index in [1.54, 1.807) is 0 Å². The summed E-state index contributed by atoms with van der Waals surface area (Å²) in [4.78, 5) is 2.66. The smallest absolute Gasteiger partial charge is 0.152 e. The lowest BCUT2D eigenvalue weighted by atomic mass is 9.82. The van der Waals surface area contributed by atoms with Crippen molar-refractivity contribution in [2.45, 2.75) is 53.4 Å². The van der Waals surface area contributed by atoms with Crippen LogP contribution in [0.3, 0.4) is 0 Å². The van der Waals surface area contributed by atoms with E-state index in [4.69, 9.17) is 11.8 Å². The summed E-state index contributed by atoms with van der Waals surface area (Å²) in [7, 11) is 0. The topological polar surface area (TPSA) is 21.8 Å². The average molecular weight is 431 g/mol. The molecule has 2 saturated heterocycles. The second-order valence-corrected chi connectivity index (χ2v) is 13.0. The molecule has 158 valence electrons. The number of allylic oxidation sites excluding steroid dienone is 3.